The molecule has 3 N–H and O–H groups in total. The van der Waals surface area contributed by atoms with Crippen LogP contribution >= 0.6 is 0 Å². The topological polar surface area (TPSA) is 159 Å². The van der Waals surface area contributed by atoms with Gasteiger partial charge in [0, 0.05) is 23.5 Å². The minimum Gasteiger partial charge on any atom is -0.480 e. The van der Waals surface area contributed by atoms with E-state index in [0.29, 0.717) is 10.6 Å². The van der Waals surface area contributed by atoms with Gasteiger partial charge in [-0.2, -0.15) is 0 Å². The Morgan fingerprint density at radius 1 is 1.24 bits per heavy atom. The molecule has 1 aromatic carbocycles. The fourth-order valence-electron chi connectivity index (χ4n) is 3.26. The number of amides is 1. The minimum atomic E-state index is -1.55. The first kappa shape index (κ1) is 21.4. The van der Waals surface area contributed by atoms with Crippen LogP contribution in [-0.2, 0) is 14.3 Å². The molecule has 0 radical (unpaired) electrons. The monoisotopic (exact) mass is 405 g/mol. The van der Waals surface area contributed by atoms with Crippen LogP contribution < -0.4 is 5.32 Å². The van der Waals surface area contributed by atoms with E-state index in [9.17, 15) is 29.6 Å². The summed E-state index contributed by atoms with van der Waals surface area (Å²) in [5.41, 5.74) is 0.605. The van der Waals surface area contributed by atoms with Crippen LogP contribution in [0.3, 0.4) is 0 Å². The Bertz CT molecular complexity index is 950. The highest BCUT2D eigenvalue weighted by molar-refractivity contribution is 5.93. The van der Waals surface area contributed by atoms with Crippen molar-refractivity contribution in [3.8, 4) is 0 Å². The van der Waals surface area contributed by atoms with E-state index in [0.717, 1.165) is 7.11 Å². The van der Waals surface area contributed by atoms with Gasteiger partial charge in [-0.3, -0.25) is 19.8 Å². The largest absolute Gasteiger partial charge is 0.480 e. The van der Waals surface area contributed by atoms with Crippen molar-refractivity contribution in [2.24, 2.45) is 0 Å². The molecule has 1 aliphatic rings. The molecule has 29 heavy (non-hydrogen) atoms. The highest BCUT2D eigenvalue weighted by atomic mass is 16.6. The number of nitro groups is 1. The molecule has 0 aromatic heterocycles. The van der Waals surface area contributed by atoms with E-state index in [4.69, 9.17) is 9.84 Å². The molecular formula is C18H19N3O8. The second kappa shape index (κ2) is 8.42. The summed E-state index contributed by atoms with van der Waals surface area (Å²) in [5, 5.41) is 32.8. The van der Waals surface area contributed by atoms with Crippen molar-refractivity contribution >= 4 is 23.7 Å². The van der Waals surface area contributed by atoms with E-state index in [-0.39, 0.29) is 28.2 Å². The number of non-ortho nitro benzene ring substituents is 1. The Kier molecular flexibility index (Phi) is 6.22. The molecule has 0 fully saturated rings. The standard InChI is InChI=1S/C18H19N3O8/c1-9-14(17(24)29-3)15(11-5-4-6-12(7-11)21(27)28)16(10(2)19-9)20(18(25)26)8-13(22)23/h4-7,15,19H,8H2,1-3H3,(H,22,23)(H,25,26). The number of hydrogen-bond acceptors (Lipinski definition) is 7. The van der Waals surface area contributed by atoms with E-state index >= 15 is 0 Å². The summed E-state index contributed by atoms with van der Waals surface area (Å²) in [7, 11) is 1.14. The second-order valence-electron chi connectivity index (χ2n) is 6.21. The summed E-state index contributed by atoms with van der Waals surface area (Å²) in [5.74, 6) is -3.28. The smallest absolute Gasteiger partial charge is 0.412 e. The van der Waals surface area contributed by atoms with Crippen molar-refractivity contribution in [1.29, 1.82) is 0 Å². The summed E-state index contributed by atoms with van der Waals surface area (Å²) in [4.78, 5) is 46.7. The number of benzene rings is 1. The van der Waals surface area contributed by atoms with Crippen molar-refractivity contribution < 1.29 is 34.3 Å². The maximum absolute atomic E-state index is 12.5. The normalized spacial score (nSPS) is 16.2. The zero-order valence-electron chi connectivity index (χ0n) is 15.8. The number of hydrogen-bond donors (Lipinski definition) is 3. The first-order valence-corrected chi connectivity index (χ1v) is 8.32. The zero-order chi connectivity index (χ0) is 21.9. The number of rotatable bonds is 6. The minimum absolute atomic E-state index is 0.0187. The lowest BCUT2D eigenvalue weighted by Gasteiger charge is -2.35. The molecule has 1 atom stereocenters. The first-order valence-electron chi connectivity index (χ1n) is 8.32. The first-order chi connectivity index (χ1) is 13.6. The molecule has 0 saturated carbocycles. The number of carboxylic acids is 1. The number of aliphatic carboxylic acids is 1. The van der Waals surface area contributed by atoms with Gasteiger partial charge >= 0.3 is 18.0 Å². The van der Waals surface area contributed by atoms with Crippen LogP contribution in [0.2, 0.25) is 0 Å². The Labute approximate surface area is 165 Å². The van der Waals surface area contributed by atoms with Crippen molar-refractivity contribution in [1.82, 2.24) is 10.2 Å². The molecule has 0 aliphatic carbocycles. The van der Waals surface area contributed by atoms with Crippen LogP contribution in [0.15, 0.2) is 46.9 Å². The molecule has 1 unspecified atom stereocenters. The Morgan fingerprint density at radius 2 is 1.90 bits per heavy atom. The quantitative estimate of drug-likeness (QED) is 0.365. The third-order valence-corrected chi connectivity index (χ3v) is 4.36. The number of dihydropyridines is 1. The van der Waals surface area contributed by atoms with E-state index in [1.165, 1.54) is 31.2 Å². The molecular weight excluding hydrogens is 386 g/mol. The van der Waals surface area contributed by atoms with Crippen molar-refractivity contribution in [3.05, 3.63) is 62.6 Å². The molecule has 11 nitrogen and oxygen atoms in total. The molecule has 1 heterocycles. The van der Waals surface area contributed by atoms with Gasteiger partial charge in [0.25, 0.3) is 5.69 Å². The second-order valence-corrected chi connectivity index (χ2v) is 6.21. The number of nitro benzene ring substituents is 1. The molecule has 1 amide bonds. The van der Waals surface area contributed by atoms with Gasteiger partial charge in [0.05, 0.1) is 29.2 Å². The number of esters is 1. The van der Waals surface area contributed by atoms with E-state index in [1.54, 1.807) is 6.92 Å². The maximum atomic E-state index is 12.5. The Morgan fingerprint density at radius 3 is 2.41 bits per heavy atom. The Balaban J connectivity index is 2.78. The highest BCUT2D eigenvalue weighted by Gasteiger charge is 2.39. The zero-order valence-corrected chi connectivity index (χ0v) is 15.8. The number of carboxylic acid groups (broad SMARTS) is 2. The summed E-state index contributed by atoms with van der Waals surface area (Å²) in [6.45, 7) is 2.21. The predicted octanol–water partition coefficient (Wildman–Crippen LogP) is 2.02. The molecule has 154 valence electrons. The van der Waals surface area contributed by atoms with Gasteiger partial charge in [0.15, 0.2) is 0 Å². The molecule has 2 rings (SSSR count). The van der Waals surface area contributed by atoms with Crippen LogP contribution in [0.5, 0.6) is 0 Å². The van der Waals surface area contributed by atoms with Gasteiger partial charge < -0.3 is 20.3 Å². The van der Waals surface area contributed by atoms with Gasteiger partial charge in [0.1, 0.15) is 6.54 Å². The lowest BCUT2D eigenvalue weighted by Crippen LogP contribution is -2.41. The Hall–Kier alpha value is -3.89. The molecule has 11 heteroatoms. The number of ether oxygens (including phenoxy) is 1. The molecule has 0 bridgehead atoms. The van der Waals surface area contributed by atoms with Crippen molar-refractivity contribution in [3.63, 3.8) is 0 Å². The highest BCUT2D eigenvalue weighted by Crippen LogP contribution is 2.41. The number of methoxy groups -OCH3 is 1. The number of allylic oxidation sites excluding steroid dienone is 3. The average Bonchev–Trinajstić information content (AvgIpc) is 2.65. The summed E-state index contributed by atoms with van der Waals surface area (Å²) < 4.78 is 4.82. The van der Waals surface area contributed by atoms with Crippen molar-refractivity contribution in [2.45, 2.75) is 19.8 Å². The summed E-state index contributed by atoms with van der Waals surface area (Å²) in [6.07, 6.45) is -1.55. The van der Waals surface area contributed by atoms with Gasteiger partial charge in [-0.25, -0.2) is 9.59 Å². The lowest BCUT2D eigenvalue weighted by atomic mass is 9.83. The fraction of sp³-hybridized carbons (Fsp3) is 0.278. The third kappa shape index (κ3) is 4.34. The predicted molar refractivity (Wildman–Crippen MR) is 98.8 cm³/mol. The van der Waals surface area contributed by atoms with Crippen LogP contribution in [0, 0.1) is 10.1 Å². The van der Waals surface area contributed by atoms with E-state index < -0.39 is 35.4 Å². The van der Waals surface area contributed by atoms with E-state index in [1.807, 2.05) is 0 Å². The van der Waals surface area contributed by atoms with Gasteiger partial charge in [-0.15, -0.1) is 0 Å². The maximum Gasteiger partial charge on any atom is 0.412 e. The molecule has 0 spiro atoms. The van der Waals surface area contributed by atoms with Crippen LogP contribution in [-0.4, -0.2) is 51.7 Å². The van der Waals surface area contributed by atoms with Crippen LogP contribution in [0.4, 0.5) is 10.5 Å². The summed E-state index contributed by atoms with van der Waals surface area (Å²) in [6, 6.07) is 5.35. The SMILES string of the molecule is COC(=O)C1=C(C)NC(C)=C(N(CC(=O)O)C(=O)O)C1c1cccc([N+](=O)[O-])c1. The fourth-order valence-corrected chi connectivity index (χ4v) is 3.26. The third-order valence-electron chi connectivity index (χ3n) is 4.36. The lowest BCUT2D eigenvalue weighted by molar-refractivity contribution is -0.384. The molecule has 0 saturated heterocycles. The van der Waals surface area contributed by atoms with Crippen LogP contribution in [0.1, 0.15) is 25.3 Å². The number of nitrogens with one attached hydrogen (secondary N) is 1. The van der Waals surface area contributed by atoms with Crippen molar-refractivity contribution in [2.75, 3.05) is 13.7 Å². The number of nitrogens with zero attached hydrogens (tertiary/aromatic N) is 2. The van der Waals surface area contributed by atoms with Crippen LogP contribution in [0.25, 0.3) is 0 Å². The number of carbonyl (C=O) groups excluding carboxylic acids is 1. The number of carbonyl (C=O) groups is 3. The molecule has 1 aromatic rings. The van der Waals surface area contributed by atoms with Gasteiger partial charge in [-0.05, 0) is 19.4 Å². The molecule has 1 aliphatic heterocycles. The average molecular weight is 405 g/mol. The summed E-state index contributed by atoms with van der Waals surface area (Å²) >= 11 is 0. The van der Waals surface area contributed by atoms with E-state index in [2.05, 4.69) is 5.32 Å². The van der Waals surface area contributed by atoms with Gasteiger partial charge in [-0.1, -0.05) is 12.1 Å². The van der Waals surface area contributed by atoms with Gasteiger partial charge in [0.2, 0.25) is 0 Å².